The minimum atomic E-state index is -0.0851. The highest BCUT2D eigenvalue weighted by Crippen LogP contribution is 2.27. The van der Waals surface area contributed by atoms with Crippen LogP contribution in [0.25, 0.3) is 0 Å². The van der Waals surface area contributed by atoms with E-state index in [1.165, 1.54) is 0 Å². The number of nitrogen functional groups attached to an aromatic ring is 1. The van der Waals surface area contributed by atoms with Crippen molar-refractivity contribution in [3.05, 3.63) is 23.8 Å². The maximum Gasteiger partial charge on any atom is 0.321 e. The number of hydrogen-bond acceptors (Lipinski definition) is 2. The van der Waals surface area contributed by atoms with Gasteiger partial charge in [0.25, 0.3) is 0 Å². The van der Waals surface area contributed by atoms with Gasteiger partial charge in [-0.3, -0.25) is 4.90 Å². The first kappa shape index (κ1) is 7.91. The van der Waals surface area contributed by atoms with Crippen LogP contribution < -0.4 is 16.0 Å². The molecule has 68 valence electrons. The highest BCUT2D eigenvalue weighted by Gasteiger charge is 2.20. The fourth-order valence-electron chi connectivity index (χ4n) is 1.49. The van der Waals surface area contributed by atoms with Crippen molar-refractivity contribution in [1.82, 2.24) is 5.32 Å². The number of benzene rings is 1. The molecule has 0 atom stereocenters. The molecule has 4 nitrogen and oxygen atoms in total. The number of hydrogen-bond donors (Lipinski definition) is 2. The summed E-state index contributed by atoms with van der Waals surface area (Å²) in [7, 11) is 1.73. The first-order valence-corrected chi connectivity index (χ1v) is 4.09. The molecular formula is C9H11N3O. The average Bonchev–Trinajstić information content (AvgIpc) is 2.12. The van der Waals surface area contributed by atoms with E-state index in [0.717, 1.165) is 16.9 Å². The van der Waals surface area contributed by atoms with Gasteiger partial charge in [-0.1, -0.05) is 6.07 Å². The lowest BCUT2D eigenvalue weighted by atomic mass is 10.1. The number of fused-ring (bicyclic) bond motifs is 1. The van der Waals surface area contributed by atoms with E-state index < -0.39 is 0 Å². The van der Waals surface area contributed by atoms with E-state index >= 15 is 0 Å². The molecule has 1 aromatic carbocycles. The summed E-state index contributed by atoms with van der Waals surface area (Å²) in [6, 6.07) is 5.50. The summed E-state index contributed by atoms with van der Waals surface area (Å²) >= 11 is 0. The van der Waals surface area contributed by atoms with Crippen LogP contribution in [-0.2, 0) is 6.54 Å². The summed E-state index contributed by atoms with van der Waals surface area (Å²) in [5.74, 6) is 0. The molecule has 2 amide bonds. The smallest absolute Gasteiger partial charge is 0.321 e. The van der Waals surface area contributed by atoms with E-state index in [9.17, 15) is 4.79 Å². The molecule has 0 fully saturated rings. The highest BCUT2D eigenvalue weighted by molar-refractivity contribution is 5.95. The molecule has 13 heavy (non-hydrogen) atoms. The number of urea groups is 1. The Balaban J connectivity index is 2.55. The maximum absolute atomic E-state index is 11.2. The van der Waals surface area contributed by atoms with Crippen molar-refractivity contribution in [3.8, 4) is 0 Å². The molecule has 3 N–H and O–H groups in total. The molecule has 2 rings (SSSR count). The summed E-state index contributed by atoms with van der Waals surface area (Å²) in [5.41, 5.74) is 8.38. The van der Waals surface area contributed by atoms with Gasteiger partial charge in [-0.2, -0.15) is 0 Å². The normalized spacial score (nSPS) is 15.2. The molecule has 1 aromatic rings. The molecule has 1 aliphatic rings. The number of nitrogens with zero attached hydrogens (tertiary/aromatic N) is 1. The molecule has 0 bridgehead atoms. The van der Waals surface area contributed by atoms with Crippen molar-refractivity contribution < 1.29 is 4.79 Å². The van der Waals surface area contributed by atoms with Crippen LogP contribution in [0.3, 0.4) is 0 Å². The summed E-state index contributed by atoms with van der Waals surface area (Å²) < 4.78 is 0. The fourth-order valence-corrected chi connectivity index (χ4v) is 1.49. The van der Waals surface area contributed by atoms with Crippen molar-refractivity contribution in [2.24, 2.45) is 0 Å². The number of rotatable bonds is 0. The summed E-state index contributed by atoms with van der Waals surface area (Å²) in [6.45, 7) is 0.519. The summed E-state index contributed by atoms with van der Waals surface area (Å²) in [5, 5.41) is 2.74. The van der Waals surface area contributed by atoms with Crippen LogP contribution in [0.5, 0.6) is 0 Å². The number of nitrogens with two attached hydrogens (primary N) is 1. The second kappa shape index (κ2) is 2.65. The van der Waals surface area contributed by atoms with Gasteiger partial charge in [0, 0.05) is 24.8 Å². The fraction of sp³-hybridized carbons (Fsp3) is 0.222. The van der Waals surface area contributed by atoms with Crippen molar-refractivity contribution in [3.63, 3.8) is 0 Å². The number of carbonyl (C=O) groups is 1. The molecule has 0 aliphatic carbocycles. The summed E-state index contributed by atoms with van der Waals surface area (Å²) in [4.78, 5) is 12.8. The van der Waals surface area contributed by atoms with Gasteiger partial charge >= 0.3 is 6.03 Å². The molecule has 1 heterocycles. The van der Waals surface area contributed by atoms with Gasteiger partial charge in [0.15, 0.2) is 0 Å². The molecule has 4 heteroatoms. The van der Waals surface area contributed by atoms with Gasteiger partial charge in [0.2, 0.25) is 0 Å². The molecule has 1 aliphatic heterocycles. The van der Waals surface area contributed by atoms with E-state index in [1.807, 2.05) is 18.2 Å². The number of carbonyl (C=O) groups excluding carboxylic acids is 1. The van der Waals surface area contributed by atoms with E-state index in [4.69, 9.17) is 5.73 Å². The standard InChI is InChI=1S/C9H11N3O/c1-12-8-4-2-3-7(10)6(8)5-11-9(12)13/h2-4H,5,10H2,1H3,(H,11,13). The Bertz CT molecular complexity index is 362. The van der Waals surface area contributed by atoms with Gasteiger partial charge in [-0.05, 0) is 12.1 Å². The van der Waals surface area contributed by atoms with Crippen LogP contribution >= 0.6 is 0 Å². The van der Waals surface area contributed by atoms with Crippen LogP contribution in [0, 0.1) is 0 Å². The molecule has 0 unspecified atom stereocenters. The third kappa shape index (κ3) is 1.11. The lowest BCUT2D eigenvalue weighted by Gasteiger charge is -2.27. The van der Waals surface area contributed by atoms with E-state index in [1.54, 1.807) is 11.9 Å². The average molecular weight is 177 g/mol. The number of nitrogens with one attached hydrogen (secondary N) is 1. The van der Waals surface area contributed by atoms with Gasteiger partial charge in [0.1, 0.15) is 0 Å². The van der Waals surface area contributed by atoms with Crippen LogP contribution in [0.4, 0.5) is 16.2 Å². The lowest BCUT2D eigenvalue weighted by Crippen LogP contribution is -2.41. The van der Waals surface area contributed by atoms with Crippen LogP contribution in [0.15, 0.2) is 18.2 Å². The molecule has 0 radical (unpaired) electrons. The predicted molar refractivity (Wildman–Crippen MR) is 51.5 cm³/mol. The Labute approximate surface area is 76.3 Å². The Kier molecular flexibility index (Phi) is 1.62. The van der Waals surface area contributed by atoms with Gasteiger partial charge < -0.3 is 11.1 Å². The zero-order valence-corrected chi connectivity index (χ0v) is 7.37. The zero-order valence-electron chi connectivity index (χ0n) is 7.37. The topological polar surface area (TPSA) is 58.4 Å². The lowest BCUT2D eigenvalue weighted by molar-refractivity contribution is 0.246. The Morgan fingerprint density at radius 3 is 3.08 bits per heavy atom. The van der Waals surface area contributed by atoms with Gasteiger partial charge in [-0.25, -0.2) is 4.79 Å². The molecule has 0 saturated heterocycles. The third-order valence-corrected chi connectivity index (χ3v) is 2.27. The van der Waals surface area contributed by atoms with Crippen LogP contribution in [0.2, 0.25) is 0 Å². The molecule has 0 spiro atoms. The van der Waals surface area contributed by atoms with Gasteiger partial charge in [0.05, 0.1) is 5.69 Å². The Morgan fingerprint density at radius 1 is 1.54 bits per heavy atom. The van der Waals surface area contributed by atoms with Crippen LogP contribution in [0.1, 0.15) is 5.56 Å². The first-order valence-electron chi connectivity index (χ1n) is 4.09. The minimum absolute atomic E-state index is 0.0851. The minimum Gasteiger partial charge on any atom is -0.398 e. The molecule has 0 saturated carbocycles. The monoisotopic (exact) mass is 177 g/mol. The SMILES string of the molecule is CN1C(=O)NCc2c(N)cccc21. The second-order valence-electron chi connectivity index (χ2n) is 3.06. The van der Waals surface area contributed by atoms with Crippen LogP contribution in [-0.4, -0.2) is 13.1 Å². The number of anilines is 2. The van der Waals surface area contributed by atoms with Crippen molar-refractivity contribution >= 4 is 17.4 Å². The predicted octanol–water partition coefficient (Wildman–Crippen LogP) is 0.928. The third-order valence-electron chi connectivity index (χ3n) is 2.27. The molecular weight excluding hydrogens is 166 g/mol. The quantitative estimate of drug-likeness (QED) is 0.579. The number of amides is 2. The van der Waals surface area contributed by atoms with Gasteiger partial charge in [-0.15, -0.1) is 0 Å². The highest BCUT2D eigenvalue weighted by atomic mass is 16.2. The second-order valence-corrected chi connectivity index (χ2v) is 3.06. The van der Waals surface area contributed by atoms with Crippen molar-refractivity contribution in [2.45, 2.75) is 6.54 Å². The first-order chi connectivity index (χ1) is 6.20. The van der Waals surface area contributed by atoms with Crippen molar-refractivity contribution in [1.29, 1.82) is 0 Å². The van der Waals surface area contributed by atoms with E-state index in [0.29, 0.717) is 6.54 Å². The van der Waals surface area contributed by atoms with E-state index in [2.05, 4.69) is 5.32 Å². The Morgan fingerprint density at radius 2 is 2.31 bits per heavy atom. The Hall–Kier alpha value is -1.71. The zero-order chi connectivity index (χ0) is 9.42. The van der Waals surface area contributed by atoms with E-state index in [-0.39, 0.29) is 6.03 Å². The van der Waals surface area contributed by atoms with Crippen molar-refractivity contribution in [2.75, 3.05) is 17.7 Å². The largest absolute Gasteiger partial charge is 0.398 e. The summed E-state index contributed by atoms with van der Waals surface area (Å²) in [6.07, 6.45) is 0. The maximum atomic E-state index is 11.2. The molecule has 0 aromatic heterocycles.